The van der Waals surface area contributed by atoms with Crippen molar-refractivity contribution in [3.8, 4) is 0 Å². The lowest BCUT2D eigenvalue weighted by molar-refractivity contribution is -0.143. The smallest absolute Gasteiger partial charge is 0.245 e. The minimum atomic E-state index is -1.66. The van der Waals surface area contributed by atoms with Crippen LogP contribution in [-0.4, -0.2) is 299 Å². The van der Waals surface area contributed by atoms with Crippen molar-refractivity contribution in [2.45, 2.75) is 334 Å². The number of aromatic nitrogens is 2. The second-order valence-electron chi connectivity index (χ2n) is 38.4. The number of carbonyl (C=O) groups is 18. The molecular weight excluding hydrogens is 1870 g/mol. The van der Waals surface area contributed by atoms with E-state index in [1.807, 2.05) is 20.1 Å². The highest BCUT2D eigenvalue weighted by Crippen LogP contribution is 2.24. The molecule has 142 heavy (non-hydrogen) atoms. The van der Waals surface area contributed by atoms with Gasteiger partial charge < -0.3 is 134 Å². The van der Waals surface area contributed by atoms with E-state index in [2.05, 4.69) is 95.0 Å². The summed E-state index contributed by atoms with van der Waals surface area (Å²) in [5.74, 6) is -15.8. The van der Waals surface area contributed by atoms with Crippen molar-refractivity contribution in [1.29, 1.82) is 0 Å². The number of unbranched alkanes of at least 4 members (excludes halogenated alkanes) is 4. The van der Waals surface area contributed by atoms with Crippen LogP contribution in [0.15, 0.2) is 42.9 Å². The summed E-state index contributed by atoms with van der Waals surface area (Å²) in [5, 5.41) is 54.2. The van der Waals surface area contributed by atoms with Crippen LogP contribution in [0.3, 0.4) is 0 Å². The van der Waals surface area contributed by atoms with Gasteiger partial charge in [-0.05, 0) is 220 Å². The van der Waals surface area contributed by atoms with E-state index in [-0.39, 0.29) is 121 Å². The SMILES string of the molecule is CC[C@H](C)[C@H](NC(=O)[C@H](CO)NC(=O)[C@H](CC(C)C)NC(=O)[C@H](Cc1ccccc1)NC(=O)CN)C(=O)N[C@@H](CC(C)C)C(=O)N[C@@H](CCCCN)C(=O)N[C@@H](CCCCN)C(=O)N[C@H](C(=O)N[C@@H](CC(C)C)C(=O)N1CCC[C@H]1C(=O)N[C@@H](CCCCN)C(=O)N[C@H](C(=O)N[C@@H](CCSC)C(=O)N[C@@H](C)C(=O)N[C@@H](Cc1cnc[nH]1)C(=O)N[C@@H](CCSC)C(=O)N[C@@H](CCCCN)C(N)=O)C(C)C)C(C)C. The zero-order valence-electron chi connectivity index (χ0n) is 85.7. The van der Waals surface area contributed by atoms with Crippen molar-refractivity contribution >= 4 is 130 Å². The first-order chi connectivity index (χ1) is 67.4. The summed E-state index contributed by atoms with van der Waals surface area (Å²) in [7, 11) is 0. The van der Waals surface area contributed by atoms with Crippen molar-refractivity contribution in [2.24, 2.45) is 69.9 Å². The van der Waals surface area contributed by atoms with E-state index in [0.717, 1.165) is 0 Å². The molecule has 44 nitrogen and oxygen atoms in total. The number of nitrogens with one attached hydrogen (secondary N) is 17. The molecule has 46 heteroatoms. The second kappa shape index (κ2) is 67.8. The first-order valence-corrected chi connectivity index (χ1v) is 52.7. The second-order valence-corrected chi connectivity index (χ2v) is 40.4. The van der Waals surface area contributed by atoms with Gasteiger partial charge in [0.1, 0.15) is 103 Å². The number of nitrogens with two attached hydrogens (primary N) is 6. The van der Waals surface area contributed by atoms with Gasteiger partial charge in [0.25, 0.3) is 0 Å². The van der Waals surface area contributed by atoms with Crippen LogP contribution in [0.1, 0.15) is 230 Å². The number of aromatic amines is 1. The molecule has 802 valence electrons. The molecule has 3 rings (SSSR count). The Kier molecular flexibility index (Phi) is 59.9. The summed E-state index contributed by atoms with van der Waals surface area (Å²) in [6, 6.07) is -13.3. The van der Waals surface area contributed by atoms with E-state index >= 15 is 4.79 Å². The average Bonchev–Trinajstić information content (AvgIpc) is 1.62. The predicted molar refractivity (Wildman–Crippen MR) is 544 cm³/mol. The molecule has 0 bridgehead atoms. The fourth-order valence-corrected chi connectivity index (χ4v) is 16.8. The third-order valence-corrected chi connectivity index (χ3v) is 25.5. The van der Waals surface area contributed by atoms with Gasteiger partial charge in [-0.3, -0.25) is 86.3 Å². The van der Waals surface area contributed by atoms with Crippen LogP contribution in [0, 0.1) is 35.5 Å². The number of imidazole rings is 1. The van der Waals surface area contributed by atoms with Crippen molar-refractivity contribution in [3.63, 3.8) is 0 Å². The van der Waals surface area contributed by atoms with Crippen LogP contribution in [0.25, 0.3) is 0 Å². The number of hydrogen-bond acceptors (Lipinski definition) is 27. The standard InChI is InChI=1S/C96H167N25O19S2/c1-16-59(12)79(120-91(135)74(52-122)117-88(132)69(45-54(2)3)114-89(133)71(106-76(123)50-101)48-61-29-18-17-19-30-61)95(139)115-70(46-55(4)5)87(131)109-64(32-21-25-39-98)83(127)108-65(33-22-26-40-99)85(129)119-78(58(10)11)94(138)116-73(47-56(6)7)96(140)121-42-28-35-75(121)92(136)111-66(34-23-27-41-100)86(130)118-77(57(8)9)93(137)112-67(36-43-141-14)82(126)105-60(13)81(125)113-72(49-62-51-103-53-104-62)90(134)110-68(37-44-142-15)84(128)107-63(80(102)124)31-20-24-38-97/h17-19,29-30,51,53-60,63-75,77-79,122H,16,20-28,31-50,52,97-101H2,1-15H3,(H2,102,124)(H,103,104)(H,105,126)(H,106,123)(H,107,128)(H,108,127)(H,109,131)(H,110,134)(H,111,136)(H,112,137)(H,113,125)(H,114,133)(H,115,139)(H,116,138)(H,117,132)(H,118,130)(H,119,129)(H,120,135)/t59-,60-,63-,64-,65-,66-,67-,68-,69-,70-,71-,72-,73-,74-,75-,77-,78-,79-/m0/s1. The van der Waals surface area contributed by atoms with Gasteiger partial charge in [-0.15, -0.1) is 0 Å². The molecule has 0 saturated carbocycles. The molecule has 1 fully saturated rings. The van der Waals surface area contributed by atoms with Crippen LogP contribution in [0.2, 0.25) is 0 Å². The highest BCUT2D eigenvalue weighted by Gasteiger charge is 2.44. The summed E-state index contributed by atoms with van der Waals surface area (Å²) in [6.45, 7) is 22.0. The number of H-pyrrole nitrogens is 1. The minimum Gasteiger partial charge on any atom is -0.394 e. The molecule has 18 atom stereocenters. The molecule has 1 saturated heterocycles. The summed E-state index contributed by atoms with van der Waals surface area (Å²) >= 11 is 2.77. The Morgan fingerprint density at radius 2 is 0.768 bits per heavy atom. The topological polar surface area (TPSA) is 708 Å². The predicted octanol–water partition coefficient (Wildman–Crippen LogP) is -2.08. The molecule has 0 unspecified atom stereocenters. The van der Waals surface area contributed by atoms with Crippen molar-refractivity contribution in [3.05, 3.63) is 54.1 Å². The number of benzene rings is 1. The molecule has 1 aliphatic heterocycles. The summed E-state index contributed by atoms with van der Waals surface area (Å²) < 4.78 is 0. The molecular formula is C96H167N25O19S2. The average molecular weight is 2040 g/mol. The Balaban J connectivity index is 1.89. The van der Waals surface area contributed by atoms with Crippen LogP contribution >= 0.6 is 23.5 Å². The third-order valence-electron chi connectivity index (χ3n) is 24.3. The van der Waals surface area contributed by atoms with E-state index in [1.165, 1.54) is 47.9 Å². The molecule has 0 aliphatic carbocycles. The zero-order valence-corrected chi connectivity index (χ0v) is 87.3. The van der Waals surface area contributed by atoms with Crippen molar-refractivity contribution in [2.75, 3.05) is 69.9 Å². The van der Waals surface area contributed by atoms with Gasteiger partial charge in [0, 0.05) is 31.3 Å². The van der Waals surface area contributed by atoms with E-state index in [1.54, 1.807) is 106 Å². The quantitative estimate of drug-likeness (QED) is 0.0316. The van der Waals surface area contributed by atoms with Gasteiger partial charge in [0.2, 0.25) is 106 Å². The van der Waals surface area contributed by atoms with E-state index < -0.39 is 240 Å². The van der Waals surface area contributed by atoms with E-state index in [4.69, 9.17) is 34.4 Å². The van der Waals surface area contributed by atoms with Crippen molar-refractivity contribution in [1.82, 2.24) is 99.9 Å². The lowest BCUT2D eigenvalue weighted by Gasteiger charge is -2.32. The molecule has 30 N–H and O–H groups in total. The first kappa shape index (κ1) is 126. The maximum Gasteiger partial charge on any atom is 0.245 e. The summed E-state index contributed by atoms with van der Waals surface area (Å²) in [4.78, 5) is 265. The number of hydrogen-bond donors (Lipinski definition) is 24. The Bertz CT molecular complexity index is 4290. The number of aliphatic hydroxyl groups is 1. The number of primary amides is 1. The van der Waals surface area contributed by atoms with Crippen LogP contribution < -0.4 is 119 Å². The van der Waals surface area contributed by atoms with Crippen molar-refractivity contribution < 1.29 is 91.4 Å². The summed E-state index contributed by atoms with van der Waals surface area (Å²) in [5.41, 5.74) is 35.8. The molecule has 2 aromatic rings. The van der Waals surface area contributed by atoms with Crippen LogP contribution in [0.5, 0.6) is 0 Å². The zero-order chi connectivity index (χ0) is 106. The van der Waals surface area contributed by atoms with Gasteiger partial charge in [-0.1, -0.05) is 120 Å². The molecule has 0 spiro atoms. The Labute approximate surface area is 844 Å². The number of carbonyl (C=O) groups excluding carboxylic acids is 18. The number of nitrogens with zero attached hydrogens (tertiary/aromatic N) is 2. The lowest BCUT2D eigenvalue weighted by Crippen LogP contribution is -2.62. The lowest BCUT2D eigenvalue weighted by atomic mass is 9.96. The molecule has 1 aromatic carbocycles. The maximum atomic E-state index is 15.1. The first-order valence-electron chi connectivity index (χ1n) is 49.9. The Morgan fingerprint density at radius 1 is 0.408 bits per heavy atom. The number of rotatable bonds is 71. The minimum absolute atomic E-state index is 0.00181. The fourth-order valence-electron chi connectivity index (χ4n) is 15.9. The number of amides is 18. The van der Waals surface area contributed by atoms with E-state index in [0.29, 0.717) is 93.5 Å². The van der Waals surface area contributed by atoms with Gasteiger partial charge in [0.05, 0.1) is 19.5 Å². The van der Waals surface area contributed by atoms with Crippen LogP contribution in [-0.2, 0) is 99.1 Å². The van der Waals surface area contributed by atoms with Gasteiger partial charge in [0.15, 0.2) is 0 Å². The summed E-state index contributed by atoms with van der Waals surface area (Å²) in [6.07, 6.45) is 10.9. The fraction of sp³-hybridized carbons (Fsp3) is 0.719. The van der Waals surface area contributed by atoms with Gasteiger partial charge in [-0.25, -0.2) is 4.98 Å². The van der Waals surface area contributed by atoms with E-state index in [9.17, 15) is 86.6 Å². The van der Waals surface area contributed by atoms with Crippen LogP contribution in [0.4, 0.5) is 0 Å². The normalized spacial score (nSPS) is 16.1. The number of likely N-dealkylation sites (tertiary alicyclic amines) is 1. The maximum absolute atomic E-state index is 15.1. The Hall–Kier alpha value is -10.7. The number of aliphatic hydroxyl groups excluding tert-OH is 1. The molecule has 18 amide bonds. The third kappa shape index (κ3) is 45.5. The number of thioether (sulfide) groups is 2. The van der Waals surface area contributed by atoms with Gasteiger partial charge in [-0.2, -0.15) is 23.5 Å². The molecule has 1 aromatic heterocycles. The molecule has 0 radical (unpaired) electrons. The highest BCUT2D eigenvalue weighted by atomic mass is 32.2. The molecule has 2 heterocycles. The Morgan fingerprint density at radius 3 is 1.19 bits per heavy atom. The monoisotopic (exact) mass is 2040 g/mol. The largest absolute Gasteiger partial charge is 0.394 e. The highest BCUT2D eigenvalue weighted by molar-refractivity contribution is 7.98. The molecule has 1 aliphatic rings. The van der Waals surface area contributed by atoms with Gasteiger partial charge >= 0.3 is 0 Å².